The smallest absolute Gasteiger partial charge is 0.311 e. The highest BCUT2D eigenvalue weighted by Gasteiger charge is 2.33. The molecular weight excluding hydrogens is 425 g/mol. The van der Waals surface area contributed by atoms with Gasteiger partial charge in [0, 0.05) is 21.7 Å². The van der Waals surface area contributed by atoms with E-state index < -0.39 is 11.9 Å². The van der Waals surface area contributed by atoms with Crippen LogP contribution in [0.5, 0.6) is 5.75 Å². The van der Waals surface area contributed by atoms with E-state index in [0.29, 0.717) is 49.9 Å². The van der Waals surface area contributed by atoms with Crippen LogP contribution in [-0.2, 0) is 4.79 Å². The van der Waals surface area contributed by atoms with Crippen LogP contribution in [0.1, 0.15) is 47.8 Å². The molecule has 1 aromatic heterocycles. The molecule has 2 aromatic carbocycles. The lowest BCUT2D eigenvalue weighted by Crippen LogP contribution is -2.21. The zero-order valence-electron chi connectivity index (χ0n) is 17.2. The van der Waals surface area contributed by atoms with E-state index in [1.165, 1.54) is 11.7 Å². The average molecular weight is 448 g/mol. The number of fused-ring (bicyclic) bond motifs is 1. The molecule has 0 amide bonds. The summed E-state index contributed by atoms with van der Waals surface area (Å²) in [6, 6.07) is 9.94. The second-order valence-electron chi connectivity index (χ2n) is 7.35. The fourth-order valence-corrected chi connectivity index (χ4v) is 4.22. The van der Waals surface area contributed by atoms with Gasteiger partial charge in [-0.1, -0.05) is 43.5 Å². The van der Waals surface area contributed by atoms with E-state index in [2.05, 4.69) is 0 Å². The monoisotopic (exact) mass is 447 g/mol. The molecule has 0 aliphatic heterocycles. The minimum atomic E-state index is -0.931. The molecule has 1 unspecified atom stereocenters. The van der Waals surface area contributed by atoms with Crippen LogP contribution in [0.2, 0.25) is 10.0 Å². The molecular formula is C23H23Cl2NO4. The zero-order valence-corrected chi connectivity index (χ0v) is 18.7. The maximum absolute atomic E-state index is 13.4. The van der Waals surface area contributed by atoms with Crippen molar-refractivity contribution in [2.24, 2.45) is 5.92 Å². The number of nitrogens with zero attached hydrogens (tertiary/aromatic N) is 1. The second kappa shape index (κ2) is 8.70. The molecule has 30 heavy (non-hydrogen) atoms. The fraction of sp³-hybridized carbons (Fsp3) is 0.304. The topological polar surface area (TPSA) is 68.5 Å². The molecule has 0 bridgehead atoms. The van der Waals surface area contributed by atoms with Crippen molar-refractivity contribution >= 4 is 46.0 Å². The van der Waals surface area contributed by atoms with E-state index in [1.54, 1.807) is 43.3 Å². The standard InChI is InChI=1S/C23H23Cl2NO4/c1-5-12(2)20(23(28)29)21-13(3)26(22(27)14-6-8-15(24)9-7-14)18-11-17(25)19(30-4)10-16(18)21/h6-12,20H,5H2,1-4H3,(H,28,29)/t12?,20-/m0/s1. The summed E-state index contributed by atoms with van der Waals surface area (Å²) in [7, 11) is 1.50. The van der Waals surface area contributed by atoms with Gasteiger partial charge in [0.15, 0.2) is 0 Å². The van der Waals surface area contributed by atoms with E-state index in [1.807, 2.05) is 13.8 Å². The van der Waals surface area contributed by atoms with E-state index in [4.69, 9.17) is 27.9 Å². The number of halogens is 2. The first-order valence-corrected chi connectivity index (χ1v) is 10.4. The number of aliphatic carboxylic acids is 1. The molecule has 158 valence electrons. The number of rotatable bonds is 6. The van der Waals surface area contributed by atoms with Gasteiger partial charge in [0.05, 0.1) is 23.6 Å². The van der Waals surface area contributed by atoms with Gasteiger partial charge >= 0.3 is 5.97 Å². The normalized spacial score (nSPS) is 13.3. The highest BCUT2D eigenvalue weighted by atomic mass is 35.5. The Bertz CT molecular complexity index is 1120. The van der Waals surface area contributed by atoms with Crippen molar-refractivity contribution in [3.8, 4) is 5.75 Å². The van der Waals surface area contributed by atoms with Gasteiger partial charge in [0.1, 0.15) is 5.75 Å². The van der Waals surface area contributed by atoms with Crippen LogP contribution in [0, 0.1) is 12.8 Å². The molecule has 1 heterocycles. The third-order valence-electron chi connectivity index (χ3n) is 5.61. The molecule has 0 aliphatic carbocycles. The van der Waals surface area contributed by atoms with E-state index in [9.17, 15) is 14.7 Å². The number of hydrogen-bond donors (Lipinski definition) is 1. The number of aromatic nitrogens is 1. The number of methoxy groups -OCH3 is 1. The van der Waals surface area contributed by atoms with Gasteiger partial charge in [0.25, 0.3) is 5.91 Å². The second-order valence-corrected chi connectivity index (χ2v) is 8.20. The van der Waals surface area contributed by atoms with Crippen molar-refractivity contribution < 1.29 is 19.4 Å². The van der Waals surface area contributed by atoms with E-state index in [0.717, 1.165) is 0 Å². The average Bonchev–Trinajstić information content (AvgIpc) is 2.98. The van der Waals surface area contributed by atoms with E-state index in [-0.39, 0.29) is 11.8 Å². The van der Waals surface area contributed by atoms with Crippen molar-refractivity contribution in [3.05, 3.63) is 63.3 Å². The lowest BCUT2D eigenvalue weighted by Gasteiger charge is -2.20. The Kier molecular flexibility index (Phi) is 6.44. The Balaban J connectivity index is 2.36. The van der Waals surface area contributed by atoms with Gasteiger partial charge in [0.2, 0.25) is 0 Å². The maximum atomic E-state index is 13.4. The molecule has 3 rings (SSSR count). The van der Waals surface area contributed by atoms with Gasteiger partial charge in [-0.2, -0.15) is 0 Å². The largest absolute Gasteiger partial charge is 0.495 e. The Morgan fingerprint density at radius 3 is 2.33 bits per heavy atom. The highest BCUT2D eigenvalue weighted by Crippen LogP contribution is 2.41. The van der Waals surface area contributed by atoms with Crippen LogP contribution in [-0.4, -0.2) is 28.7 Å². The molecule has 0 saturated heterocycles. The first-order chi connectivity index (χ1) is 14.2. The molecule has 7 heteroatoms. The Morgan fingerprint density at radius 1 is 1.17 bits per heavy atom. The van der Waals surface area contributed by atoms with Gasteiger partial charge in [-0.15, -0.1) is 0 Å². The lowest BCUT2D eigenvalue weighted by atomic mass is 9.84. The SMILES string of the molecule is CCC(C)[C@H](C(=O)O)c1c(C)n(C(=O)c2ccc(Cl)cc2)c2cc(Cl)c(OC)cc12. The number of ether oxygens (including phenoxy) is 1. The van der Waals surface area contributed by atoms with Crippen LogP contribution >= 0.6 is 23.2 Å². The number of carboxylic acids is 1. The van der Waals surface area contributed by atoms with Crippen molar-refractivity contribution in [2.75, 3.05) is 7.11 Å². The van der Waals surface area contributed by atoms with Crippen molar-refractivity contribution in [1.82, 2.24) is 4.57 Å². The fourth-order valence-electron chi connectivity index (χ4n) is 3.86. The summed E-state index contributed by atoms with van der Waals surface area (Å²) < 4.78 is 6.88. The minimum Gasteiger partial charge on any atom is -0.495 e. The molecule has 0 aliphatic rings. The number of hydrogen-bond acceptors (Lipinski definition) is 3. The predicted molar refractivity (Wildman–Crippen MR) is 119 cm³/mol. The summed E-state index contributed by atoms with van der Waals surface area (Å²) in [6.45, 7) is 5.61. The lowest BCUT2D eigenvalue weighted by molar-refractivity contribution is -0.140. The van der Waals surface area contributed by atoms with Gasteiger partial charge in [-0.3, -0.25) is 14.2 Å². The summed E-state index contributed by atoms with van der Waals surface area (Å²) in [4.78, 5) is 25.6. The number of carbonyl (C=O) groups excluding carboxylic acids is 1. The summed E-state index contributed by atoms with van der Waals surface area (Å²) in [5.41, 5.74) is 2.15. The van der Waals surface area contributed by atoms with Gasteiger partial charge in [-0.25, -0.2) is 0 Å². The van der Waals surface area contributed by atoms with Crippen LogP contribution in [0.15, 0.2) is 36.4 Å². The molecule has 2 atom stereocenters. The number of carbonyl (C=O) groups is 2. The maximum Gasteiger partial charge on any atom is 0.311 e. The molecule has 0 fully saturated rings. The van der Waals surface area contributed by atoms with Crippen LogP contribution in [0.3, 0.4) is 0 Å². The highest BCUT2D eigenvalue weighted by molar-refractivity contribution is 6.33. The van der Waals surface area contributed by atoms with Crippen molar-refractivity contribution in [3.63, 3.8) is 0 Å². The molecule has 3 aromatic rings. The molecule has 1 N–H and O–H groups in total. The third kappa shape index (κ3) is 3.80. The third-order valence-corrected chi connectivity index (χ3v) is 6.16. The van der Waals surface area contributed by atoms with Crippen LogP contribution < -0.4 is 4.74 Å². The van der Waals surface area contributed by atoms with Crippen LogP contribution in [0.25, 0.3) is 10.9 Å². The zero-order chi connectivity index (χ0) is 22.2. The molecule has 0 saturated carbocycles. The van der Waals surface area contributed by atoms with Crippen molar-refractivity contribution in [2.45, 2.75) is 33.1 Å². The summed E-state index contributed by atoms with van der Waals surface area (Å²) in [6.07, 6.45) is 0.679. The van der Waals surface area contributed by atoms with E-state index >= 15 is 0 Å². The Labute approximate surface area is 185 Å². The van der Waals surface area contributed by atoms with Gasteiger partial charge < -0.3 is 9.84 Å². The quantitative estimate of drug-likeness (QED) is 0.490. The summed E-state index contributed by atoms with van der Waals surface area (Å²) >= 11 is 12.3. The first kappa shape index (κ1) is 22.2. The van der Waals surface area contributed by atoms with Crippen molar-refractivity contribution in [1.29, 1.82) is 0 Å². The molecule has 0 radical (unpaired) electrons. The number of benzene rings is 2. The van der Waals surface area contributed by atoms with Gasteiger partial charge in [-0.05, 0) is 54.8 Å². The summed E-state index contributed by atoms with van der Waals surface area (Å²) in [5.74, 6) is -1.70. The molecule has 5 nitrogen and oxygen atoms in total. The Morgan fingerprint density at radius 2 is 1.80 bits per heavy atom. The molecule has 0 spiro atoms. The minimum absolute atomic E-state index is 0.132. The number of carboxylic acid groups (broad SMARTS) is 1. The summed E-state index contributed by atoms with van der Waals surface area (Å²) in [5, 5.41) is 11.5. The first-order valence-electron chi connectivity index (χ1n) is 9.62. The predicted octanol–water partition coefficient (Wildman–Crippen LogP) is 6.17. The Hall–Kier alpha value is -2.50. The van der Waals surface area contributed by atoms with Crippen LogP contribution in [0.4, 0.5) is 0 Å².